The Balaban J connectivity index is 2.97. The molecule has 0 aliphatic heterocycles. The molecule has 1 aromatic rings. The van der Waals surface area contributed by atoms with Crippen molar-refractivity contribution in [2.75, 3.05) is 18.0 Å². The van der Waals surface area contributed by atoms with Gasteiger partial charge in [0.05, 0.1) is 0 Å². The van der Waals surface area contributed by atoms with E-state index in [2.05, 4.69) is 56.9 Å². The summed E-state index contributed by atoms with van der Waals surface area (Å²) in [5, 5.41) is 0. The first-order chi connectivity index (χ1) is 8.63. The zero-order valence-corrected chi connectivity index (χ0v) is 12.3. The molecule has 2 heteroatoms. The largest absolute Gasteiger partial charge is 0.371 e. The molecular weight excluding hydrogens is 220 g/mol. The molecule has 0 heterocycles. The van der Waals surface area contributed by atoms with Gasteiger partial charge in [-0.1, -0.05) is 45.4 Å². The minimum absolute atomic E-state index is 0.146. The predicted molar refractivity (Wildman–Crippen MR) is 81.0 cm³/mol. The van der Waals surface area contributed by atoms with Crippen LogP contribution in [0.2, 0.25) is 0 Å². The second-order valence-electron chi connectivity index (χ2n) is 5.13. The van der Waals surface area contributed by atoms with E-state index in [1.807, 2.05) is 0 Å². The Morgan fingerprint density at radius 2 is 1.78 bits per heavy atom. The molecule has 1 rings (SSSR count). The summed E-state index contributed by atoms with van der Waals surface area (Å²) in [6.45, 7) is 11.1. The lowest BCUT2D eigenvalue weighted by atomic mass is 10.0. The van der Waals surface area contributed by atoms with Crippen LogP contribution in [0.4, 0.5) is 5.69 Å². The highest BCUT2D eigenvalue weighted by molar-refractivity contribution is 5.55. The molecule has 2 N–H and O–H groups in total. The van der Waals surface area contributed by atoms with Gasteiger partial charge in [0.15, 0.2) is 0 Å². The molecule has 0 radical (unpaired) electrons. The van der Waals surface area contributed by atoms with E-state index in [1.54, 1.807) is 0 Å². The van der Waals surface area contributed by atoms with Crippen LogP contribution in [0.3, 0.4) is 0 Å². The van der Waals surface area contributed by atoms with Crippen molar-refractivity contribution in [3.8, 4) is 0 Å². The monoisotopic (exact) mass is 248 g/mol. The molecule has 0 bridgehead atoms. The molecule has 1 aromatic carbocycles. The third kappa shape index (κ3) is 3.74. The first-order valence-electron chi connectivity index (χ1n) is 7.23. The van der Waals surface area contributed by atoms with Gasteiger partial charge in [0.2, 0.25) is 0 Å². The van der Waals surface area contributed by atoms with Gasteiger partial charge in [-0.3, -0.25) is 0 Å². The summed E-state index contributed by atoms with van der Waals surface area (Å²) in [5.41, 5.74) is 8.82. The van der Waals surface area contributed by atoms with Crippen molar-refractivity contribution < 1.29 is 0 Å². The third-order valence-corrected chi connectivity index (χ3v) is 3.73. The quantitative estimate of drug-likeness (QED) is 0.791. The van der Waals surface area contributed by atoms with E-state index in [4.69, 9.17) is 5.73 Å². The molecule has 0 saturated heterocycles. The maximum absolute atomic E-state index is 6.22. The van der Waals surface area contributed by atoms with Crippen molar-refractivity contribution in [3.63, 3.8) is 0 Å². The SMILES string of the molecule is CCC(C)CN(CC)c1ccccc1[C@H](N)CC. The third-order valence-electron chi connectivity index (χ3n) is 3.73. The van der Waals surface area contributed by atoms with E-state index < -0.39 is 0 Å². The molecule has 0 aliphatic rings. The zero-order chi connectivity index (χ0) is 13.5. The number of hydrogen-bond donors (Lipinski definition) is 1. The lowest BCUT2D eigenvalue weighted by molar-refractivity contribution is 0.545. The Hall–Kier alpha value is -1.02. The van der Waals surface area contributed by atoms with E-state index in [0.29, 0.717) is 0 Å². The molecule has 0 amide bonds. The summed E-state index contributed by atoms with van der Waals surface area (Å²) in [5.74, 6) is 0.718. The van der Waals surface area contributed by atoms with Crippen LogP contribution in [0.1, 0.15) is 52.1 Å². The first kappa shape index (κ1) is 15.0. The highest BCUT2D eigenvalue weighted by Crippen LogP contribution is 2.27. The maximum atomic E-state index is 6.22. The number of nitrogens with two attached hydrogens (primary N) is 1. The number of anilines is 1. The van der Waals surface area contributed by atoms with Crippen LogP contribution in [0.25, 0.3) is 0 Å². The van der Waals surface area contributed by atoms with E-state index in [-0.39, 0.29) is 6.04 Å². The number of para-hydroxylation sites is 1. The second kappa shape index (κ2) is 7.42. The normalized spacial score (nSPS) is 14.3. The Labute approximate surface area is 112 Å². The molecule has 18 heavy (non-hydrogen) atoms. The lowest BCUT2D eigenvalue weighted by Gasteiger charge is -2.29. The fourth-order valence-electron chi connectivity index (χ4n) is 2.21. The topological polar surface area (TPSA) is 29.3 Å². The molecule has 0 aliphatic carbocycles. The predicted octanol–water partition coefficient (Wildman–Crippen LogP) is 3.97. The van der Waals surface area contributed by atoms with Crippen LogP contribution in [-0.4, -0.2) is 13.1 Å². The summed E-state index contributed by atoms with van der Waals surface area (Å²) in [6.07, 6.45) is 2.20. The van der Waals surface area contributed by atoms with E-state index in [9.17, 15) is 0 Å². The van der Waals surface area contributed by atoms with Gasteiger partial charge in [0.1, 0.15) is 0 Å². The maximum Gasteiger partial charge on any atom is 0.0414 e. The summed E-state index contributed by atoms with van der Waals surface area (Å²) < 4.78 is 0. The Morgan fingerprint density at radius 3 is 2.33 bits per heavy atom. The Kier molecular flexibility index (Phi) is 6.20. The van der Waals surface area contributed by atoms with E-state index in [0.717, 1.165) is 25.4 Å². The second-order valence-corrected chi connectivity index (χ2v) is 5.13. The summed E-state index contributed by atoms with van der Waals surface area (Å²) in [7, 11) is 0. The van der Waals surface area contributed by atoms with Gasteiger partial charge in [-0.05, 0) is 30.9 Å². The number of nitrogens with zero attached hydrogens (tertiary/aromatic N) is 1. The number of hydrogen-bond acceptors (Lipinski definition) is 2. The molecule has 102 valence electrons. The van der Waals surface area contributed by atoms with Gasteiger partial charge in [-0.25, -0.2) is 0 Å². The average molecular weight is 248 g/mol. The van der Waals surface area contributed by atoms with Gasteiger partial charge >= 0.3 is 0 Å². The van der Waals surface area contributed by atoms with Gasteiger partial charge in [-0.2, -0.15) is 0 Å². The molecule has 2 nitrogen and oxygen atoms in total. The Morgan fingerprint density at radius 1 is 1.11 bits per heavy atom. The molecule has 0 fully saturated rings. The number of rotatable bonds is 7. The highest BCUT2D eigenvalue weighted by atomic mass is 15.1. The summed E-state index contributed by atoms with van der Waals surface area (Å²) >= 11 is 0. The van der Waals surface area contributed by atoms with Crippen molar-refractivity contribution in [2.45, 2.75) is 46.6 Å². The fraction of sp³-hybridized carbons (Fsp3) is 0.625. The molecular formula is C16H28N2. The van der Waals surface area contributed by atoms with Crippen molar-refractivity contribution in [1.29, 1.82) is 0 Å². The summed E-state index contributed by atoms with van der Waals surface area (Å²) in [4.78, 5) is 2.46. The standard InChI is InChI=1S/C16H28N2/c1-5-13(4)12-18(7-3)16-11-9-8-10-14(16)15(17)6-2/h8-11,13,15H,5-7,12,17H2,1-4H3/t13?,15-/m1/s1. The molecule has 0 spiro atoms. The van der Waals surface area contributed by atoms with Crippen LogP contribution >= 0.6 is 0 Å². The highest BCUT2D eigenvalue weighted by Gasteiger charge is 2.15. The van der Waals surface area contributed by atoms with Crippen LogP contribution in [0.15, 0.2) is 24.3 Å². The van der Waals surface area contributed by atoms with Crippen LogP contribution in [0, 0.1) is 5.92 Å². The molecule has 1 unspecified atom stereocenters. The molecule has 2 atom stereocenters. The zero-order valence-electron chi connectivity index (χ0n) is 12.3. The van der Waals surface area contributed by atoms with Crippen LogP contribution < -0.4 is 10.6 Å². The van der Waals surface area contributed by atoms with Crippen molar-refractivity contribution in [1.82, 2.24) is 0 Å². The van der Waals surface area contributed by atoms with E-state index in [1.165, 1.54) is 17.7 Å². The van der Waals surface area contributed by atoms with Crippen molar-refractivity contribution in [2.24, 2.45) is 11.7 Å². The molecule has 0 saturated carbocycles. The van der Waals surface area contributed by atoms with Crippen molar-refractivity contribution in [3.05, 3.63) is 29.8 Å². The fourth-order valence-corrected chi connectivity index (χ4v) is 2.21. The minimum Gasteiger partial charge on any atom is -0.371 e. The smallest absolute Gasteiger partial charge is 0.0414 e. The molecule has 0 aromatic heterocycles. The lowest BCUT2D eigenvalue weighted by Crippen LogP contribution is -2.29. The summed E-state index contributed by atoms with van der Waals surface area (Å²) in [6, 6.07) is 8.72. The van der Waals surface area contributed by atoms with Crippen LogP contribution in [-0.2, 0) is 0 Å². The van der Waals surface area contributed by atoms with Crippen molar-refractivity contribution >= 4 is 5.69 Å². The van der Waals surface area contributed by atoms with Crippen LogP contribution in [0.5, 0.6) is 0 Å². The van der Waals surface area contributed by atoms with Gasteiger partial charge in [0.25, 0.3) is 0 Å². The Bertz CT molecular complexity index is 349. The average Bonchev–Trinajstić information content (AvgIpc) is 2.43. The number of benzene rings is 1. The van der Waals surface area contributed by atoms with E-state index >= 15 is 0 Å². The van der Waals surface area contributed by atoms with Gasteiger partial charge < -0.3 is 10.6 Å². The van der Waals surface area contributed by atoms with Gasteiger partial charge in [0, 0.05) is 24.8 Å². The van der Waals surface area contributed by atoms with Gasteiger partial charge in [-0.15, -0.1) is 0 Å². The first-order valence-corrected chi connectivity index (χ1v) is 7.23. The minimum atomic E-state index is 0.146.